The molecule has 0 unspecified atom stereocenters. The Morgan fingerprint density at radius 2 is 2.24 bits per heavy atom. The summed E-state index contributed by atoms with van der Waals surface area (Å²) < 4.78 is 0. The Morgan fingerprint density at radius 1 is 1.53 bits per heavy atom. The molecule has 1 amide bonds. The molecule has 1 rings (SSSR count). The van der Waals surface area contributed by atoms with Crippen LogP contribution in [-0.2, 0) is 11.2 Å². The van der Waals surface area contributed by atoms with Crippen LogP contribution in [0.3, 0.4) is 0 Å². The van der Waals surface area contributed by atoms with E-state index in [1.54, 1.807) is 0 Å². The summed E-state index contributed by atoms with van der Waals surface area (Å²) in [5.74, 6) is 0.104. The molecule has 1 aromatic heterocycles. The van der Waals surface area contributed by atoms with Gasteiger partial charge in [-0.05, 0) is 45.2 Å². The minimum Gasteiger partial charge on any atom is -0.352 e. The molecule has 0 aliphatic carbocycles. The van der Waals surface area contributed by atoms with Gasteiger partial charge in [-0.2, -0.15) is 0 Å². The molecule has 0 aromatic carbocycles. The zero-order chi connectivity index (χ0) is 12.8. The maximum atomic E-state index is 11.5. The van der Waals surface area contributed by atoms with E-state index in [4.69, 9.17) is 5.73 Å². The molecule has 0 radical (unpaired) electrons. The van der Waals surface area contributed by atoms with Crippen LogP contribution in [0.1, 0.15) is 35.1 Å². The summed E-state index contributed by atoms with van der Waals surface area (Å²) in [7, 11) is 0. The molecule has 3 nitrogen and oxygen atoms in total. The number of hydrogen-bond acceptors (Lipinski definition) is 3. The summed E-state index contributed by atoms with van der Waals surface area (Å²) >= 11 is 1.83. The van der Waals surface area contributed by atoms with Gasteiger partial charge in [0.25, 0.3) is 0 Å². The zero-order valence-electron chi connectivity index (χ0n) is 10.9. The largest absolute Gasteiger partial charge is 0.352 e. The number of carbonyl (C=O) groups excluding carboxylic acids is 1. The molecule has 3 N–H and O–H groups in total. The van der Waals surface area contributed by atoms with Crippen LogP contribution in [0.2, 0.25) is 0 Å². The van der Waals surface area contributed by atoms with E-state index in [1.807, 2.05) is 18.3 Å². The number of hydrogen-bond donors (Lipinski definition) is 2. The fourth-order valence-electron chi connectivity index (χ4n) is 1.78. The van der Waals surface area contributed by atoms with E-state index in [2.05, 4.69) is 25.2 Å². The van der Waals surface area contributed by atoms with Gasteiger partial charge in [-0.1, -0.05) is 0 Å². The normalized spacial score (nSPS) is 12.5. The van der Waals surface area contributed by atoms with Crippen LogP contribution in [-0.4, -0.2) is 18.5 Å². The van der Waals surface area contributed by atoms with Crippen LogP contribution in [0.5, 0.6) is 0 Å². The first-order chi connectivity index (χ1) is 8.02. The van der Waals surface area contributed by atoms with Crippen molar-refractivity contribution in [2.24, 2.45) is 5.73 Å². The smallest absolute Gasteiger partial charge is 0.220 e. The SMILES string of the molecule is Cc1cc(CCCC(=O)N[C@@H](C)CN)c(C)s1. The highest BCUT2D eigenvalue weighted by molar-refractivity contribution is 7.12. The summed E-state index contributed by atoms with van der Waals surface area (Å²) in [6.07, 6.45) is 2.47. The van der Waals surface area contributed by atoms with Crippen molar-refractivity contribution in [3.05, 3.63) is 21.4 Å². The van der Waals surface area contributed by atoms with Gasteiger partial charge >= 0.3 is 0 Å². The van der Waals surface area contributed by atoms with E-state index in [9.17, 15) is 4.79 Å². The van der Waals surface area contributed by atoms with E-state index >= 15 is 0 Å². The third-order valence-electron chi connectivity index (χ3n) is 2.75. The van der Waals surface area contributed by atoms with Crippen LogP contribution in [0.4, 0.5) is 0 Å². The van der Waals surface area contributed by atoms with Gasteiger partial charge in [0.2, 0.25) is 5.91 Å². The third kappa shape index (κ3) is 4.88. The van der Waals surface area contributed by atoms with Crippen LogP contribution in [0.15, 0.2) is 6.07 Å². The number of thiophene rings is 1. The van der Waals surface area contributed by atoms with Crippen molar-refractivity contribution < 1.29 is 4.79 Å². The lowest BCUT2D eigenvalue weighted by atomic mass is 10.1. The Hall–Kier alpha value is -0.870. The Kier molecular flexibility index (Phi) is 5.65. The number of carbonyl (C=O) groups is 1. The summed E-state index contributed by atoms with van der Waals surface area (Å²) in [5, 5.41) is 2.87. The van der Waals surface area contributed by atoms with E-state index in [0.717, 1.165) is 12.8 Å². The second-order valence-corrected chi connectivity index (χ2v) is 5.96. The number of nitrogens with two attached hydrogens (primary N) is 1. The minimum absolute atomic E-state index is 0.0765. The van der Waals surface area contributed by atoms with Crippen LogP contribution < -0.4 is 11.1 Å². The molecule has 0 fully saturated rings. The Bertz CT molecular complexity index is 373. The molecule has 96 valence electrons. The summed E-state index contributed by atoms with van der Waals surface area (Å²) in [6, 6.07) is 2.30. The van der Waals surface area contributed by atoms with E-state index in [0.29, 0.717) is 13.0 Å². The molecule has 0 saturated carbocycles. The van der Waals surface area contributed by atoms with E-state index in [1.165, 1.54) is 15.3 Å². The molecule has 1 atom stereocenters. The van der Waals surface area contributed by atoms with Crippen molar-refractivity contribution in [1.82, 2.24) is 5.32 Å². The molecule has 0 bridgehead atoms. The number of amides is 1. The van der Waals surface area contributed by atoms with Crippen LogP contribution in [0, 0.1) is 13.8 Å². The summed E-state index contributed by atoms with van der Waals surface area (Å²) in [4.78, 5) is 14.2. The van der Waals surface area contributed by atoms with Crippen molar-refractivity contribution in [1.29, 1.82) is 0 Å². The lowest BCUT2D eigenvalue weighted by molar-refractivity contribution is -0.121. The number of rotatable bonds is 6. The van der Waals surface area contributed by atoms with Gasteiger partial charge in [0.05, 0.1) is 0 Å². The highest BCUT2D eigenvalue weighted by atomic mass is 32.1. The second-order valence-electron chi connectivity index (χ2n) is 4.50. The fourth-order valence-corrected chi connectivity index (χ4v) is 2.75. The fraction of sp³-hybridized carbons (Fsp3) is 0.615. The van der Waals surface area contributed by atoms with Gasteiger partial charge < -0.3 is 11.1 Å². The van der Waals surface area contributed by atoms with Crippen molar-refractivity contribution in [3.63, 3.8) is 0 Å². The van der Waals surface area contributed by atoms with Crippen LogP contribution >= 0.6 is 11.3 Å². The van der Waals surface area contributed by atoms with Gasteiger partial charge in [0.1, 0.15) is 0 Å². The molecule has 17 heavy (non-hydrogen) atoms. The molecular formula is C13H22N2OS. The Labute approximate surface area is 107 Å². The van der Waals surface area contributed by atoms with Crippen molar-refractivity contribution in [2.75, 3.05) is 6.54 Å². The molecule has 1 heterocycles. The van der Waals surface area contributed by atoms with Gasteiger partial charge in [0.15, 0.2) is 0 Å². The first-order valence-electron chi connectivity index (χ1n) is 6.08. The maximum absolute atomic E-state index is 11.5. The third-order valence-corrected chi connectivity index (χ3v) is 3.76. The van der Waals surface area contributed by atoms with E-state index < -0.39 is 0 Å². The van der Waals surface area contributed by atoms with Gasteiger partial charge in [-0.15, -0.1) is 11.3 Å². The predicted molar refractivity (Wildman–Crippen MR) is 73.4 cm³/mol. The topological polar surface area (TPSA) is 55.1 Å². The highest BCUT2D eigenvalue weighted by Gasteiger charge is 2.07. The molecule has 0 aliphatic heterocycles. The number of aryl methyl sites for hydroxylation is 3. The second kappa shape index (κ2) is 6.77. The Balaban J connectivity index is 2.28. The first kappa shape index (κ1) is 14.2. The lowest BCUT2D eigenvalue weighted by Crippen LogP contribution is -2.37. The van der Waals surface area contributed by atoms with Crippen LogP contribution in [0.25, 0.3) is 0 Å². The Morgan fingerprint density at radius 3 is 2.76 bits per heavy atom. The molecule has 0 saturated heterocycles. The molecule has 1 aromatic rings. The van der Waals surface area contributed by atoms with Crippen molar-refractivity contribution in [2.45, 2.75) is 46.1 Å². The average Bonchev–Trinajstić information content (AvgIpc) is 2.57. The maximum Gasteiger partial charge on any atom is 0.220 e. The minimum atomic E-state index is 0.0765. The summed E-state index contributed by atoms with van der Waals surface area (Å²) in [6.45, 7) is 6.68. The number of nitrogens with one attached hydrogen (secondary N) is 1. The average molecular weight is 254 g/mol. The highest BCUT2D eigenvalue weighted by Crippen LogP contribution is 2.22. The summed E-state index contributed by atoms with van der Waals surface area (Å²) in [5.41, 5.74) is 6.83. The molecular weight excluding hydrogens is 232 g/mol. The monoisotopic (exact) mass is 254 g/mol. The zero-order valence-corrected chi connectivity index (χ0v) is 11.7. The quantitative estimate of drug-likeness (QED) is 0.817. The molecule has 0 spiro atoms. The van der Waals surface area contributed by atoms with E-state index in [-0.39, 0.29) is 11.9 Å². The first-order valence-corrected chi connectivity index (χ1v) is 6.90. The lowest BCUT2D eigenvalue weighted by Gasteiger charge is -2.10. The molecule has 0 aliphatic rings. The van der Waals surface area contributed by atoms with Gasteiger partial charge in [-0.3, -0.25) is 4.79 Å². The standard InChI is InChI=1S/C13H22N2OS/c1-9(8-14)15-13(16)6-4-5-12-7-10(2)17-11(12)3/h7,9H,4-6,8,14H2,1-3H3,(H,15,16)/t9-/m0/s1. The van der Waals surface area contributed by atoms with Gasteiger partial charge in [-0.25, -0.2) is 0 Å². The van der Waals surface area contributed by atoms with Crippen molar-refractivity contribution >= 4 is 17.2 Å². The molecule has 4 heteroatoms. The van der Waals surface area contributed by atoms with Crippen molar-refractivity contribution in [3.8, 4) is 0 Å². The predicted octanol–water partition coefficient (Wildman–Crippen LogP) is 2.15. The van der Waals surface area contributed by atoms with Gasteiger partial charge in [0, 0.05) is 28.8 Å².